The van der Waals surface area contributed by atoms with Gasteiger partial charge in [0.1, 0.15) is 0 Å². The molecule has 6 heteroatoms. The molecule has 0 bridgehead atoms. The van der Waals surface area contributed by atoms with Gasteiger partial charge in [0, 0.05) is 61.8 Å². The van der Waals surface area contributed by atoms with E-state index in [0.29, 0.717) is 6.54 Å². The van der Waals surface area contributed by atoms with E-state index < -0.39 is 0 Å². The van der Waals surface area contributed by atoms with Gasteiger partial charge < -0.3 is 14.8 Å². The minimum Gasteiger partial charge on any atom is -0.361 e. The molecule has 2 aliphatic heterocycles. The molecule has 0 aliphatic carbocycles. The summed E-state index contributed by atoms with van der Waals surface area (Å²) in [6.07, 6.45) is 5.16. The van der Waals surface area contributed by atoms with Gasteiger partial charge in [-0.25, -0.2) is 0 Å². The Labute approximate surface area is 160 Å². The number of benzene rings is 1. The average Bonchev–Trinajstić information content (AvgIpc) is 3.27. The molecule has 3 heterocycles. The number of likely N-dealkylation sites (tertiary alicyclic amines) is 2. The molecule has 1 N–H and O–H groups in total. The summed E-state index contributed by atoms with van der Waals surface area (Å²) in [5.74, 6) is 0.272. The SMILES string of the molecule is CN(C)C(=O)CN1CCC[C@]2(CCN(C(=O)c3ccc4[nH]ccc4c3)C2)C1. The molecule has 1 aromatic carbocycles. The molecule has 2 amide bonds. The van der Waals surface area contributed by atoms with E-state index in [-0.39, 0.29) is 17.2 Å². The first kappa shape index (κ1) is 18.0. The molecular formula is C21H28N4O2. The van der Waals surface area contributed by atoms with Crippen LogP contribution in [0.5, 0.6) is 0 Å². The van der Waals surface area contributed by atoms with Crippen LogP contribution in [0.3, 0.4) is 0 Å². The van der Waals surface area contributed by atoms with Gasteiger partial charge in [0.15, 0.2) is 0 Å². The quantitative estimate of drug-likeness (QED) is 0.903. The van der Waals surface area contributed by atoms with Crippen molar-refractivity contribution in [3.05, 3.63) is 36.0 Å². The standard InChI is InChI=1S/C21H28N4O2/c1-23(2)19(26)13-24-10-3-7-21(14-24)8-11-25(15-21)20(27)17-4-5-18-16(12-17)6-9-22-18/h4-6,9,12,22H,3,7-8,10-11,13-15H2,1-2H3/t21-/m0/s1. The van der Waals surface area contributed by atoms with Gasteiger partial charge in [0.2, 0.25) is 5.91 Å². The van der Waals surface area contributed by atoms with E-state index in [0.717, 1.165) is 61.9 Å². The Bertz CT molecular complexity index is 859. The summed E-state index contributed by atoms with van der Waals surface area (Å²) < 4.78 is 0. The first-order valence-electron chi connectivity index (χ1n) is 9.75. The van der Waals surface area contributed by atoms with Crippen molar-refractivity contribution < 1.29 is 9.59 Å². The number of rotatable bonds is 3. The Kier molecular flexibility index (Phi) is 4.68. The normalized spacial score (nSPS) is 23.3. The third-order valence-electron chi connectivity index (χ3n) is 6.12. The minimum absolute atomic E-state index is 0.122. The van der Waals surface area contributed by atoms with Crippen LogP contribution in [-0.2, 0) is 4.79 Å². The highest BCUT2D eigenvalue weighted by Gasteiger charge is 2.43. The number of aromatic nitrogens is 1. The van der Waals surface area contributed by atoms with Gasteiger partial charge >= 0.3 is 0 Å². The van der Waals surface area contributed by atoms with Gasteiger partial charge in [-0.2, -0.15) is 0 Å². The van der Waals surface area contributed by atoms with Gasteiger partial charge in [-0.15, -0.1) is 0 Å². The molecule has 1 aromatic heterocycles. The summed E-state index contributed by atoms with van der Waals surface area (Å²) in [7, 11) is 3.61. The zero-order valence-electron chi connectivity index (χ0n) is 16.2. The number of nitrogens with zero attached hydrogens (tertiary/aromatic N) is 3. The Morgan fingerprint density at radius 2 is 2.00 bits per heavy atom. The van der Waals surface area contributed by atoms with Crippen LogP contribution in [0.25, 0.3) is 10.9 Å². The van der Waals surface area contributed by atoms with Crippen LogP contribution in [0.4, 0.5) is 0 Å². The van der Waals surface area contributed by atoms with E-state index in [1.165, 1.54) is 0 Å². The van der Waals surface area contributed by atoms with Crippen molar-refractivity contribution in [2.24, 2.45) is 5.41 Å². The first-order valence-corrected chi connectivity index (χ1v) is 9.75. The zero-order valence-corrected chi connectivity index (χ0v) is 16.2. The van der Waals surface area contributed by atoms with Crippen LogP contribution in [0.1, 0.15) is 29.6 Å². The van der Waals surface area contributed by atoms with E-state index in [1.54, 1.807) is 19.0 Å². The topological polar surface area (TPSA) is 59.7 Å². The molecule has 2 aromatic rings. The van der Waals surface area contributed by atoms with Crippen molar-refractivity contribution in [1.29, 1.82) is 0 Å². The monoisotopic (exact) mass is 368 g/mol. The molecule has 27 heavy (non-hydrogen) atoms. The predicted octanol–water partition coefficient (Wildman–Crippen LogP) is 2.18. The fourth-order valence-corrected chi connectivity index (χ4v) is 4.59. The number of piperidine rings is 1. The zero-order chi connectivity index (χ0) is 19.0. The number of likely N-dealkylation sites (N-methyl/N-ethyl adjacent to an activating group) is 1. The molecule has 0 radical (unpaired) electrons. The minimum atomic E-state index is 0.122. The number of carbonyl (C=O) groups is 2. The number of carbonyl (C=O) groups excluding carboxylic acids is 2. The van der Waals surface area contributed by atoms with Crippen molar-refractivity contribution in [3.63, 3.8) is 0 Å². The van der Waals surface area contributed by atoms with Crippen LogP contribution in [0.15, 0.2) is 30.5 Å². The summed E-state index contributed by atoms with van der Waals surface area (Å²) in [4.78, 5) is 34.2. The molecule has 2 fully saturated rings. The summed E-state index contributed by atoms with van der Waals surface area (Å²) in [6, 6.07) is 7.86. The van der Waals surface area contributed by atoms with Crippen LogP contribution in [0, 0.1) is 5.41 Å². The Morgan fingerprint density at radius 3 is 2.81 bits per heavy atom. The molecule has 1 atom stereocenters. The second kappa shape index (κ2) is 7.00. The van der Waals surface area contributed by atoms with Crippen LogP contribution in [0.2, 0.25) is 0 Å². The van der Waals surface area contributed by atoms with Crippen molar-refractivity contribution >= 4 is 22.7 Å². The molecule has 144 valence electrons. The van der Waals surface area contributed by atoms with Gasteiger partial charge in [-0.1, -0.05) is 0 Å². The van der Waals surface area contributed by atoms with Gasteiger partial charge in [0.05, 0.1) is 6.54 Å². The predicted molar refractivity (Wildman–Crippen MR) is 106 cm³/mol. The third-order valence-corrected chi connectivity index (χ3v) is 6.12. The van der Waals surface area contributed by atoms with E-state index in [1.807, 2.05) is 35.4 Å². The molecule has 0 saturated carbocycles. The molecule has 2 aliphatic rings. The lowest BCUT2D eigenvalue weighted by Gasteiger charge is -2.40. The van der Waals surface area contributed by atoms with Crippen molar-refractivity contribution in [2.75, 3.05) is 46.8 Å². The first-order chi connectivity index (χ1) is 13.0. The average molecular weight is 368 g/mol. The largest absolute Gasteiger partial charge is 0.361 e. The molecule has 0 unspecified atom stereocenters. The molecular weight excluding hydrogens is 340 g/mol. The maximum atomic E-state index is 13.0. The number of hydrogen-bond acceptors (Lipinski definition) is 3. The lowest BCUT2D eigenvalue weighted by atomic mass is 9.79. The van der Waals surface area contributed by atoms with E-state index >= 15 is 0 Å². The fraction of sp³-hybridized carbons (Fsp3) is 0.524. The maximum absolute atomic E-state index is 13.0. The smallest absolute Gasteiger partial charge is 0.253 e. The third kappa shape index (κ3) is 3.58. The number of hydrogen-bond donors (Lipinski definition) is 1. The van der Waals surface area contributed by atoms with E-state index in [2.05, 4.69) is 9.88 Å². The number of fused-ring (bicyclic) bond motifs is 1. The summed E-state index contributed by atoms with van der Waals surface area (Å²) in [5, 5.41) is 1.07. The number of nitrogens with one attached hydrogen (secondary N) is 1. The summed E-state index contributed by atoms with van der Waals surface area (Å²) >= 11 is 0. The van der Waals surface area contributed by atoms with Gasteiger partial charge in [0.25, 0.3) is 5.91 Å². The maximum Gasteiger partial charge on any atom is 0.253 e. The highest BCUT2D eigenvalue weighted by Crippen LogP contribution is 2.39. The van der Waals surface area contributed by atoms with Crippen LogP contribution in [-0.4, -0.2) is 78.3 Å². The van der Waals surface area contributed by atoms with Gasteiger partial charge in [-0.05, 0) is 50.1 Å². The van der Waals surface area contributed by atoms with Gasteiger partial charge in [-0.3, -0.25) is 14.5 Å². The Morgan fingerprint density at radius 1 is 1.15 bits per heavy atom. The lowest BCUT2D eigenvalue weighted by molar-refractivity contribution is -0.130. The second-order valence-corrected chi connectivity index (χ2v) is 8.36. The highest BCUT2D eigenvalue weighted by molar-refractivity contribution is 5.98. The van der Waals surface area contributed by atoms with Crippen molar-refractivity contribution in [1.82, 2.24) is 19.7 Å². The van der Waals surface area contributed by atoms with Crippen molar-refractivity contribution in [2.45, 2.75) is 19.3 Å². The Balaban J connectivity index is 1.44. The number of aromatic amines is 1. The Hall–Kier alpha value is -2.34. The highest BCUT2D eigenvalue weighted by atomic mass is 16.2. The lowest BCUT2D eigenvalue weighted by Crippen LogP contribution is -2.48. The number of H-pyrrole nitrogens is 1. The van der Waals surface area contributed by atoms with E-state index in [4.69, 9.17) is 0 Å². The molecule has 4 rings (SSSR count). The number of amides is 2. The molecule has 6 nitrogen and oxygen atoms in total. The van der Waals surface area contributed by atoms with Crippen LogP contribution >= 0.6 is 0 Å². The summed E-state index contributed by atoms with van der Waals surface area (Å²) in [5.41, 5.74) is 1.95. The fourth-order valence-electron chi connectivity index (χ4n) is 4.59. The summed E-state index contributed by atoms with van der Waals surface area (Å²) in [6.45, 7) is 3.96. The second-order valence-electron chi connectivity index (χ2n) is 8.36. The molecule has 1 spiro atoms. The van der Waals surface area contributed by atoms with Crippen LogP contribution < -0.4 is 0 Å². The molecule has 2 saturated heterocycles. The van der Waals surface area contributed by atoms with E-state index in [9.17, 15) is 9.59 Å². The van der Waals surface area contributed by atoms with Crippen molar-refractivity contribution in [3.8, 4) is 0 Å².